The second-order valence-electron chi connectivity index (χ2n) is 14.3. The fourth-order valence-electron chi connectivity index (χ4n) is 4.91. The van der Waals surface area contributed by atoms with E-state index in [2.05, 4.69) is 39.3 Å². The molecule has 232 valence electrons. The average molecular weight is 675 g/mol. The van der Waals surface area contributed by atoms with Crippen molar-refractivity contribution in [3.63, 3.8) is 0 Å². The van der Waals surface area contributed by atoms with Gasteiger partial charge >= 0.3 is 14.0 Å². The second kappa shape index (κ2) is 15.1. The Bertz CT molecular complexity index is 799. The zero-order valence-corrected chi connectivity index (χ0v) is 35.5. The van der Waals surface area contributed by atoms with Gasteiger partial charge in [0.1, 0.15) is 16.1 Å². The summed E-state index contributed by atoms with van der Waals surface area (Å²) < 4.78 is 32.6. The Balaban J connectivity index is 6.93. The predicted octanol–water partition coefficient (Wildman–Crippen LogP) is 3.33. The third kappa shape index (κ3) is 15.9. The zero-order chi connectivity index (χ0) is 31.1. The summed E-state index contributed by atoms with van der Waals surface area (Å²) >= 11 is 0. The molecule has 0 rings (SSSR count). The van der Waals surface area contributed by atoms with Crippen LogP contribution in [0.2, 0.25) is 84.6 Å². The fraction of sp³-hybridized carbons (Fsp3) is 0.870. The molecule has 0 amide bonds. The van der Waals surface area contributed by atoms with Gasteiger partial charge in [0.15, 0.2) is 34.2 Å². The predicted molar refractivity (Wildman–Crippen MR) is 178 cm³/mol. The van der Waals surface area contributed by atoms with E-state index in [1.54, 1.807) is 6.92 Å². The van der Waals surface area contributed by atoms with Gasteiger partial charge in [-0.2, -0.15) is 0 Å². The van der Waals surface area contributed by atoms with E-state index in [9.17, 15) is 20.1 Å². The molecule has 0 aliphatic heterocycles. The van der Waals surface area contributed by atoms with Crippen molar-refractivity contribution in [1.29, 1.82) is 0 Å². The van der Waals surface area contributed by atoms with Crippen LogP contribution in [-0.4, -0.2) is 101 Å². The minimum Gasteiger partial charge on any atom is -0.547 e. The number of aliphatic carboxylic acids is 1. The van der Waals surface area contributed by atoms with Crippen LogP contribution in [0.15, 0.2) is 11.3 Å². The summed E-state index contributed by atoms with van der Waals surface area (Å²) in [5, 5.41) is 31.0. The van der Waals surface area contributed by atoms with Gasteiger partial charge in [-0.25, -0.2) is 4.79 Å². The number of carboxylic acids is 1. The van der Waals surface area contributed by atoms with E-state index in [4.69, 9.17) is 21.2 Å². The normalized spacial score (nSPS) is 17.3. The first-order valence-electron chi connectivity index (χ1n) is 13.8. The highest BCUT2D eigenvalue weighted by Gasteiger charge is 2.49. The molecule has 0 aromatic rings. The molecular weight excluding hydrogens is 617 g/mol. The van der Waals surface area contributed by atoms with E-state index in [0.29, 0.717) is 35.1 Å². The van der Waals surface area contributed by atoms with Gasteiger partial charge in [-0.15, -0.1) is 0 Å². The van der Waals surface area contributed by atoms with Crippen LogP contribution < -0.4 is 0 Å². The number of aliphatic hydroxyl groups is 2. The zero-order valence-electron chi connectivity index (χ0n) is 27.1. The van der Waals surface area contributed by atoms with E-state index in [-0.39, 0.29) is 12.0 Å². The molecule has 3 N–H and O–H groups in total. The van der Waals surface area contributed by atoms with Crippen LogP contribution in [0.1, 0.15) is 26.2 Å². The third-order valence-corrected chi connectivity index (χ3v) is 25.3. The van der Waals surface area contributed by atoms with Gasteiger partial charge in [-0.3, -0.25) is 0 Å². The molecule has 0 heterocycles. The summed E-state index contributed by atoms with van der Waals surface area (Å²) in [7, 11) is -11.6. The van der Waals surface area contributed by atoms with E-state index in [1.165, 1.54) is 0 Å². The average Bonchev–Trinajstić information content (AvgIpc) is 2.61. The van der Waals surface area contributed by atoms with Gasteiger partial charge in [0.25, 0.3) is 0 Å². The lowest BCUT2D eigenvalue weighted by molar-refractivity contribution is -0.136. The van der Waals surface area contributed by atoms with Crippen molar-refractivity contribution in [3.8, 4) is 0 Å². The summed E-state index contributed by atoms with van der Waals surface area (Å²) in [6, 6.07) is 0.669. The van der Waals surface area contributed by atoms with Crippen molar-refractivity contribution in [3.05, 3.63) is 11.3 Å². The van der Waals surface area contributed by atoms with E-state index in [0.717, 1.165) is 0 Å². The highest BCUT2D eigenvalue weighted by atomic mass is 29.2. The molecule has 0 fully saturated rings. The first kappa shape index (κ1) is 39.3. The van der Waals surface area contributed by atoms with E-state index < -0.39 is 74.9 Å². The van der Waals surface area contributed by atoms with Gasteiger partial charge in [-0.1, -0.05) is 0 Å². The summed E-state index contributed by atoms with van der Waals surface area (Å²) in [4.78, 5) is 12.9. The number of hydrogen-bond acceptors (Lipinski definition) is 8. The molecule has 0 aromatic heterocycles. The largest absolute Gasteiger partial charge is 0.547 e. The molecule has 2 atom stereocenters. The number of rotatable bonds is 19. The highest BCUT2D eigenvalue weighted by molar-refractivity contribution is 7.20. The van der Waals surface area contributed by atoms with Crippen LogP contribution in [0.4, 0.5) is 0 Å². The molecule has 0 radical (unpaired) electrons. The van der Waals surface area contributed by atoms with E-state index >= 15 is 0 Å². The molecule has 0 aromatic carbocycles. The van der Waals surface area contributed by atoms with Crippen molar-refractivity contribution in [2.24, 2.45) is 0 Å². The van der Waals surface area contributed by atoms with Crippen molar-refractivity contribution in [1.82, 2.24) is 0 Å². The Kier molecular flexibility index (Phi) is 15.3. The molecule has 16 heteroatoms. The number of allylic oxidation sites excluding steroid dienone is 1. The highest BCUT2D eigenvalue weighted by Crippen LogP contribution is 2.40. The second-order valence-corrected chi connectivity index (χ2v) is 42.3. The van der Waals surface area contributed by atoms with Crippen LogP contribution >= 0.6 is 0 Å². The molecule has 0 saturated heterocycles. The maximum absolute atomic E-state index is 12.9. The molecule has 0 bridgehead atoms. The van der Waals surface area contributed by atoms with Gasteiger partial charge in [0.2, 0.25) is 8.32 Å². The molecule has 0 aliphatic rings. The maximum atomic E-state index is 12.9. The Labute approximate surface area is 248 Å². The first-order chi connectivity index (χ1) is 17.3. The van der Waals surface area contributed by atoms with Crippen LogP contribution in [-0.2, 0) is 26.0 Å². The summed E-state index contributed by atoms with van der Waals surface area (Å²) in [6.45, 7) is 26.2. The monoisotopic (exact) mass is 674 g/mol. The SMILES string of the molecule is CC(O[Si](C)(C)C)=C(C(=O)O)C(CCC[Si](O[Si](C)(C)C)(O[Si](C)(C)C)[SiH2]O[SiH3])(CC(O)CO)O[Si](C)(C)C. The lowest BCUT2D eigenvalue weighted by Crippen LogP contribution is -2.59. The summed E-state index contributed by atoms with van der Waals surface area (Å²) in [5.41, 5.74) is -1.31. The Morgan fingerprint density at radius 3 is 1.72 bits per heavy atom. The van der Waals surface area contributed by atoms with Crippen LogP contribution in [0, 0.1) is 0 Å². The molecule has 0 spiro atoms. The van der Waals surface area contributed by atoms with Crippen LogP contribution in [0.3, 0.4) is 0 Å². The molecule has 0 aliphatic carbocycles. The lowest BCUT2D eigenvalue weighted by atomic mass is 9.83. The smallest absolute Gasteiger partial charge is 0.337 e. The van der Waals surface area contributed by atoms with Crippen molar-refractivity contribution >= 4 is 67.1 Å². The topological polar surface area (TPSA) is 124 Å². The Morgan fingerprint density at radius 1 is 0.897 bits per heavy atom. The maximum Gasteiger partial charge on any atom is 0.337 e. The number of hydrogen-bond donors (Lipinski definition) is 3. The van der Waals surface area contributed by atoms with Crippen LogP contribution in [0.5, 0.6) is 0 Å². The van der Waals surface area contributed by atoms with Crippen LogP contribution in [0.25, 0.3) is 0 Å². The Hall–Kier alpha value is 0.288. The summed E-state index contributed by atoms with van der Waals surface area (Å²) in [6.07, 6.45) is -0.280. The molecule has 0 saturated carbocycles. The van der Waals surface area contributed by atoms with Gasteiger partial charge in [0.05, 0.1) is 24.1 Å². The standard InChI is InChI=1S/C23H58O9Si7/c1-19(28-35(2,3)4)21(22(26)27)23(17-20(25)18-24,29-36(5,6)7)15-14-16-39(34-30-33,31-37(8,9)10)32-38(11,12)13/h20,24-25H,14-18,34H2,1-13,33H3,(H,26,27). The molecular formula is C23H58O9Si7. The molecule has 39 heavy (non-hydrogen) atoms. The number of carboxylic acid groups (broad SMARTS) is 1. The molecule has 2 unspecified atom stereocenters. The minimum atomic E-state index is -2.67. The fourth-order valence-corrected chi connectivity index (χ4v) is 34.8. The Morgan fingerprint density at radius 2 is 1.38 bits per heavy atom. The third-order valence-electron chi connectivity index (χ3n) is 5.25. The van der Waals surface area contributed by atoms with Gasteiger partial charge in [0, 0.05) is 6.42 Å². The summed E-state index contributed by atoms with van der Waals surface area (Å²) in [5.74, 6) is -0.825. The number of carbonyl (C=O) groups is 1. The van der Waals surface area contributed by atoms with Crippen molar-refractivity contribution in [2.75, 3.05) is 6.61 Å². The number of aliphatic hydroxyl groups excluding tert-OH is 2. The van der Waals surface area contributed by atoms with Crippen molar-refractivity contribution in [2.45, 2.75) is 122 Å². The lowest BCUT2D eigenvalue weighted by Gasteiger charge is -2.44. The quantitative estimate of drug-likeness (QED) is 0.108. The molecule has 9 nitrogen and oxygen atoms in total. The minimum absolute atomic E-state index is 0.0285. The van der Waals surface area contributed by atoms with Crippen molar-refractivity contribution < 1.29 is 41.3 Å². The van der Waals surface area contributed by atoms with Gasteiger partial charge < -0.3 is 36.5 Å². The van der Waals surface area contributed by atoms with E-state index in [1.807, 2.05) is 39.3 Å². The first-order valence-corrected chi connectivity index (χ1v) is 33.2. The van der Waals surface area contributed by atoms with Gasteiger partial charge in [-0.05, 0) is 104 Å².